The van der Waals surface area contributed by atoms with Crippen LogP contribution in [0.25, 0.3) is 27.6 Å². The summed E-state index contributed by atoms with van der Waals surface area (Å²) in [5.41, 5.74) is 6.46. The Balaban J connectivity index is 1.44. The average Bonchev–Trinajstić information content (AvgIpc) is 3.07. The lowest BCUT2D eigenvalue weighted by molar-refractivity contribution is 0.355. The number of nitrogens with zero attached hydrogens (tertiary/aromatic N) is 3. The van der Waals surface area contributed by atoms with E-state index in [1.807, 2.05) is 0 Å². The standard InChI is InChI=1S/C26H27N3/c1-19-16-20(2)18-22(17-19)28-14-12-27(13-15-28)21(3)29-25-10-6-4-8-23(25)24-9-5-7-11-26(24)29/h4-11,16-18H,3,12-15H2,1-2H3. The molecule has 29 heavy (non-hydrogen) atoms. The second-order valence-corrected chi connectivity index (χ2v) is 8.11. The third-order valence-corrected chi connectivity index (χ3v) is 6.05. The summed E-state index contributed by atoms with van der Waals surface area (Å²) < 4.78 is 2.33. The molecule has 1 aliphatic rings. The first-order chi connectivity index (χ1) is 14.1. The van der Waals surface area contributed by atoms with E-state index >= 15 is 0 Å². The van der Waals surface area contributed by atoms with Gasteiger partial charge in [0.05, 0.1) is 11.0 Å². The molecule has 0 unspecified atom stereocenters. The van der Waals surface area contributed by atoms with Gasteiger partial charge in [-0.1, -0.05) is 49.0 Å². The van der Waals surface area contributed by atoms with E-state index in [-0.39, 0.29) is 0 Å². The third kappa shape index (κ3) is 3.07. The first-order valence-corrected chi connectivity index (χ1v) is 10.4. The van der Waals surface area contributed by atoms with Gasteiger partial charge in [-0.2, -0.15) is 0 Å². The monoisotopic (exact) mass is 381 g/mol. The van der Waals surface area contributed by atoms with E-state index in [1.165, 1.54) is 38.6 Å². The summed E-state index contributed by atoms with van der Waals surface area (Å²) in [6.07, 6.45) is 0. The van der Waals surface area contributed by atoms with Gasteiger partial charge in [0.15, 0.2) is 0 Å². The highest BCUT2D eigenvalue weighted by Crippen LogP contribution is 2.32. The molecule has 2 heterocycles. The highest BCUT2D eigenvalue weighted by Gasteiger charge is 2.21. The van der Waals surface area contributed by atoms with Crippen LogP contribution in [0.5, 0.6) is 0 Å². The molecular formula is C26H27N3. The molecule has 0 atom stereocenters. The number of rotatable bonds is 3. The highest BCUT2D eigenvalue weighted by molar-refractivity contribution is 6.09. The van der Waals surface area contributed by atoms with E-state index in [4.69, 9.17) is 0 Å². The summed E-state index contributed by atoms with van der Waals surface area (Å²) in [5, 5.41) is 2.58. The molecule has 146 valence electrons. The zero-order valence-electron chi connectivity index (χ0n) is 17.2. The average molecular weight is 382 g/mol. The summed E-state index contributed by atoms with van der Waals surface area (Å²) in [5.74, 6) is 1.07. The molecule has 1 aromatic heterocycles. The lowest BCUT2D eigenvalue weighted by atomic mass is 10.1. The van der Waals surface area contributed by atoms with Crippen LogP contribution in [-0.4, -0.2) is 35.6 Å². The molecule has 0 amide bonds. The maximum absolute atomic E-state index is 4.52. The topological polar surface area (TPSA) is 11.4 Å². The van der Waals surface area contributed by atoms with Crippen LogP contribution in [0, 0.1) is 13.8 Å². The van der Waals surface area contributed by atoms with E-state index in [0.717, 1.165) is 32.0 Å². The van der Waals surface area contributed by atoms with Crippen molar-refractivity contribution in [2.24, 2.45) is 0 Å². The van der Waals surface area contributed by atoms with Gasteiger partial charge in [-0.05, 0) is 49.2 Å². The second kappa shape index (κ2) is 7.00. The van der Waals surface area contributed by atoms with E-state index in [9.17, 15) is 0 Å². The Morgan fingerprint density at radius 3 is 1.79 bits per heavy atom. The fourth-order valence-electron chi connectivity index (χ4n) is 4.70. The van der Waals surface area contributed by atoms with Crippen LogP contribution in [0.2, 0.25) is 0 Å². The number of benzene rings is 3. The lowest BCUT2D eigenvalue weighted by Crippen LogP contribution is -2.46. The van der Waals surface area contributed by atoms with Crippen LogP contribution in [0.4, 0.5) is 5.69 Å². The largest absolute Gasteiger partial charge is 0.368 e. The predicted molar refractivity (Wildman–Crippen MR) is 124 cm³/mol. The summed E-state index contributed by atoms with van der Waals surface area (Å²) in [4.78, 5) is 4.92. The van der Waals surface area contributed by atoms with Crippen LogP contribution in [0.3, 0.4) is 0 Å². The molecule has 3 aromatic carbocycles. The third-order valence-electron chi connectivity index (χ3n) is 6.05. The van der Waals surface area contributed by atoms with Gasteiger partial charge in [-0.15, -0.1) is 0 Å². The van der Waals surface area contributed by atoms with Crippen molar-refractivity contribution < 1.29 is 0 Å². The van der Waals surface area contributed by atoms with Gasteiger partial charge in [0.1, 0.15) is 5.82 Å². The van der Waals surface area contributed by atoms with Crippen LogP contribution >= 0.6 is 0 Å². The SMILES string of the molecule is C=C(N1CCN(c2cc(C)cc(C)c2)CC1)n1c2ccccc2c2ccccc21. The summed E-state index contributed by atoms with van der Waals surface area (Å²) in [7, 11) is 0. The summed E-state index contributed by atoms with van der Waals surface area (Å²) >= 11 is 0. The number of fused-ring (bicyclic) bond motifs is 3. The Morgan fingerprint density at radius 1 is 0.724 bits per heavy atom. The van der Waals surface area contributed by atoms with Gasteiger partial charge in [-0.3, -0.25) is 4.57 Å². The van der Waals surface area contributed by atoms with Crippen molar-refractivity contribution in [2.75, 3.05) is 31.1 Å². The summed E-state index contributed by atoms with van der Waals surface area (Å²) in [6.45, 7) is 12.9. The normalized spacial score (nSPS) is 14.7. The van der Waals surface area contributed by atoms with Crippen molar-refractivity contribution in [1.82, 2.24) is 9.47 Å². The maximum Gasteiger partial charge on any atom is 0.106 e. The molecule has 1 saturated heterocycles. The van der Waals surface area contributed by atoms with E-state index in [1.54, 1.807) is 0 Å². The number of piperazine rings is 1. The van der Waals surface area contributed by atoms with Crippen LogP contribution in [0.15, 0.2) is 73.3 Å². The molecule has 0 spiro atoms. The fourth-order valence-corrected chi connectivity index (χ4v) is 4.70. The first kappa shape index (κ1) is 17.9. The minimum Gasteiger partial charge on any atom is -0.368 e. The summed E-state index contributed by atoms with van der Waals surface area (Å²) in [6, 6.07) is 24.1. The first-order valence-electron chi connectivity index (χ1n) is 10.4. The number of hydrogen-bond donors (Lipinski definition) is 0. The quantitative estimate of drug-likeness (QED) is 0.453. The van der Waals surface area contributed by atoms with Crippen LogP contribution < -0.4 is 4.90 Å². The van der Waals surface area contributed by atoms with Crippen molar-refractivity contribution in [2.45, 2.75) is 13.8 Å². The minimum atomic E-state index is 0.979. The zero-order valence-corrected chi connectivity index (χ0v) is 17.2. The van der Waals surface area contributed by atoms with Crippen LogP contribution in [0.1, 0.15) is 11.1 Å². The molecule has 3 heteroatoms. The molecule has 1 aliphatic heterocycles. The van der Waals surface area contributed by atoms with Gasteiger partial charge in [0.25, 0.3) is 0 Å². The second-order valence-electron chi connectivity index (χ2n) is 8.11. The van der Waals surface area contributed by atoms with Crippen LogP contribution in [-0.2, 0) is 0 Å². The van der Waals surface area contributed by atoms with Gasteiger partial charge in [-0.25, -0.2) is 0 Å². The minimum absolute atomic E-state index is 0.979. The molecule has 0 N–H and O–H groups in total. The van der Waals surface area contributed by atoms with E-state index in [2.05, 4.69) is 102 Å². The molecule has 1 fully saturated rings. The van der Waals surface area contributed by atoms with Crippen molar-refractivity contribution >= 4 is 33.3 Å². The molecule has 0 aliphatic carbocycles. The van der Waals surface area contributed by atoms with Gasteiger partial charge < -0.3 is 9.80 Å². The Kier molecular flexibility index (Phi) is 4.31. The Hall–Kier alpha value is -3.20. The molecule has 0 radical (unpaired) electrons. The maximum atomic E-state index is 4.52. The molecule has 0 saturated carbocycles. The van der Waals surface area contributed by atoms with Gasteiger partial charge in [0, 0.05) is 42.6 Å². The molecule has 4 aromatic rings. The Morgan fingerprint density at radius 2 is 1.24 bits per heavy atom. The Bertz CT molecular complexity index is 1140. The number of aromatic nitrogens is 1. The Labute approximate surface area is 172 Å². The van der Waals surface area contributed by atoms with Crippen molar-refractivity contribution in [1.29, 1.82) is 0 Å². The predicted octanol–water partition coefficient (Wildman–Crippen LogP) is 5.66. The van der Waals surface area contributed by atoms with Crippen molar-refractivity contribution in [3.05, 3.63) is 84.4 Å². The van der Waals surface area contributed by atoms with E-state index in [0.29, 0.717) is 0 Å². The molecule has 3 nitrogen and oxygen atoms in total. The molecule has 5 rings (SSSR count). The lowest BCUT2D eigenvalue weighted by Gasteiger charge is -2.38. The number of aryl methyl sites for hydroxylation is 2. The number of para-hydroxylation sites is 2. The fraction of sp³-hybridized carbons (Fsp3) is 0.231. The zero-order chi connectivity index (χ0) is 20.0. The smallest absolute Gasteiger partial charge is 0.106 e. The number of anilines is 1. The van der Waals surface area contributed by atoms with Crippen molar-refractivity contribution in [3.8, 4) is 0 Å². The van der Waals surface area contributed by atoms with E-state index < -0.39 is 0 Å². The van der Waals surface area contributed by atoms with Crippen molar-refractivity contribution in [3.63, 3.8) is 0 Å². The highest BCUT2D eigenvalue weighted by atomic mass is 15.3. The van der Waals surface area contributed by atoms with Gasteiger partial charge in [0.2, 0.25) is 0 Å². The van der Waals surface area contributed by atoms with Gasteiger partial charge >= 0.3 is 0 Å². The molecular weight excluding hydrogens is 354 g/mol. The number of hydrogen-bond acceptors (Lipinski definition) is 2. The molecule has 0 bridgehead atoms.